The van der Waals surface area contributed by atoms with E-state index in [1.54, 1.807) is 10.4 Å². The van der Waals surface area contributed by atoms with E-state index < -0.39 is 0 Å². The lowest BCUT2D eigenvalue weighted by Gasteiger charge is -1.92. The quantitative estimate of drug-likeness (QED) is 0.563. The van der Waals surface area contributed by atoms with Gasteiger partial charge in [-0.2, -0.15) is 4.37 Å². The first-order valence-electron chi connectivity index (χ1n) is 5.44. The van der Waals surface area contributed by atoms with Crippen LogP contribution in [0.2, 0.25) is 0 Å². The Morgan fingerprint density at radius 3 is 2.88 bits per heavy atom. The number of hydrogen-bond donors (Lipinski definition) is 0. The van der Waals surface area contributed by atoms with Gasteiger partial charge < -0.3 is 0 Å². The summed E-state index contributed by atoms with van der Waals surface area (Å²) in [6, 6.07) is 2.34. The van der Waals surface area contributed by atoms with Crippen molar-refractivity contribution in [2.75, 3.05) is 0 Å². The SMILES string of the molecule is Ic1nsc(-c2cc3c(s2)CCCCC3)n1. The Morgan fingerprint density at radius 2 is 2.06 bits per heavy atom. The summed E-state index contributed by atoms with van der Waals surface area (Å²) in [5, 5.41) is 1.09. The monoisotopic (exact) mass is 362 g/mol. The number of thiophene rings is 1. The van der Waals surface area contributed by atoms with E-state index in [1.165, 1.54) is 48.5 Å². The summed E-state index contributed by atoms with van der Waals surface area (Å²) in [6.45, 7) is 0. The first kappa shape index (κ1) is 11.1. The number of fused-ring (bicyclic) bond motifs is 1. The predicted molar refractivity (Wildman–Crippen MR) is 77.2 cm³/mol. The fourth-order valence-corrected chi connectivity index (χ4v) is 4.63. The van der Waals surface area contributed by atoms with E-state index in [0.29, 0.717) is 0 Å². The molecule has 0 aromatic carbocycles. The first-order valence-corrected chi connectivity index (χ1v) is 8.11. The summed E-state index contributed by atoms with van der Waals surface area (Å²) in [7, 11) is 0. The molecule has 3 rings (SSSR count). The van der Waals surface area contributed by atoms with Gasteiger partial charge in [0, 0.05) is 27.5 Å². The zero-order valence-corrected chi connectivity index (χ0v) is 12.5. The molecular weight excluding hydrogens is 351 g/mol. The summed E-state index contributed by atoms with van der Waals surface area (Å²) >= 11 is 5.61. The summed E-state index contributed by atoms with van der Waals surface area (Å²) in [6.07, 6.45) is 6.59. The maximum Gasteiger partial charge on any atom is 0.203 e. The molecule has 0 bridgehead atoms. The molecule has 0 fully saturated rings. The molecule has 0 unspecified atom stereocenters. The Morgan fingerprint density at radius 1 is 1.19 bits per heavy atom. The Hall–Kier alpha value is -0.0100. The molecule has 1 aliphatic carbocycles. The molecule has 0 N–H and O–H groups in total. The lowest BCUT2D eigenvalue weighted by Crippen LogP contribution is -1.80. The molecule has 0 atom stereocenters. The van der Waals surface area contributed by atoms with Crippen molar-refractivity contribution in [3.8, 4) is 9.88 Å². The van der Waals surface area contributed by atoms with Gasteiger partial charge in [-0.25, -0.2) is 4.98 Å². The maximum absolute atomic E-state index is 4.45. The Kier molecular flexibility index (Phi) is 3.26. The van der Waals surface area contributed by atoms with Crippen molar-refractivity contribution in [3.05, 3.63) is 20.3 Å². The molecule has 84 valence electrons. The minimum Gasteiger partial charge on any atom is -0.209 e. The molecule has 0 aliphatic heterocycles. The number of aryl methyl sites for hydroxylation is 2. The largest absolute Gasteiger partial charge is 0.209 e. The first-order chi connectivity index (χ1) is 7.83. The molecule has 5 heteroatoms. The standard InChI is InChI=1S/C11H11IN2S2/c12-11-13-10(16-14-11)9-6-7-4-2-1-3-5-8(7)15-9/h6H,1-5H2. The van der Waals surface area contributed by atoms with Gasteiger partial charge in [0.1, 0.15) is 0 Å². The van der Waals surface area contributed by atoms with Crippen LogP contribution in [0.15, 0.2) is 6.07 Å². The van der Waals surface area contributed by atoms with Crippen LogP contribution in [-0.4, -0.2) is 9.36 Å². The third-order valence-corrected chi connectivity index (χ3v) is 5.79. The number of aromatic nitrogens is 2. The van der Waals surface area contributed by atoms with Gasteiger partial charge in [-0.1, -0.05) is 6.42 Å². The van der Waals surface area contributed by atoms with Crippen molar-refractivity contribution in [1.29, 1.82) is 0 Å². The van der Waals surface area contributed by atoms with E-state index >= 15 is 0 Å². The van der Waals surface area contributed by atoms with Crippen molar-refractivity contribution in [2.24, 2.45) is 0 Å². The van der Waals surface area contributed by atoms with Crippen LogP contribution in [0.1, 0.15) is 29.7 Å². The second-order valence-electron chi connectivity index (χ2n) is 3.99. The Bertz CT molecular complexity index is 480. The zero-order chi connectivity index (χ0) is 11.0. The van der Waals surface area contributed by atoms with Crippen LogP contribution in [0.3, 0.4) is 0 Å². The molecule has 16 heavy (non-hydrogen) atoms. The van der Waals surface area contributed by atoms with Crippen molar-refractivity contribution in [2.45, 2.75) is 32.1 Å². The van der Waals surface area contributed by atoms with E-state index in [1.807, 2.05) is 11.3 Å². The highest BCUT2D eigenvalue weighted by molar-refractivity contribution is 14.1. The number of rotatable bonds is 1. The molecular formula is C11H11IN2S2. The number of nitrogens with zero attached hydrogens (tertiary/aromatic N) is 2. The smallest absolute Gasteiger partial charge is 0.203 e. The van der Waals surface area contributed by atoms with Crippen LogP contribution >= 0.6 is 45.5 Å². The lowest BCUT2D eigenvalue weighted by atomic mass is 10.1. The topological polar surface area (TPSA) is 25.8 Å². The third-order valence-electron chi connectivity index (χ3n) is 2.86. The van der Waals surface area contributed by atoms with Crippen LogP contribution in [0, 0.1) is 3.83 Å². The van der Waals surface area contributed by atoms with Gasteiger partial charge in [0.2, 0.25) is 3.83 Å². The second kappa shape index (κ2) is 4.70. The van der Waals surface area contributed by atoms with Gasteiger partial charge in [-0.15, -0.1) is 11.3 Å². The van der Waals surface area contributed by atoms with Crippen LogP contribution in [0.5, 0.6) is 0 Å². The fourth-order valence-electron chi connectivity index (χ4n) is 2.08. The van der Waals surface area contributed by atoms with Crippen molar-refractivity contribution in [1.82, 2.24) is 9.36 Å². The van der Waals surface area contributed by atoms with Gasteiger partial charge in [0.05, 0.1) is 4.88 Å². The molecule has 2 heterocycles. The van der Waals surface area contributed by atoms with Gasteiger partial charge in [-0.05, 0) is 48.8 Å². The normalized spacial score (nSPS) is 15.8. The summed E-state index contributed by atoms with van der Waals surface area (Å²) in [4.78, 5) is 7.35. The fraction of sp³-hybridized carbons (Fsp3) is 0.455. The van der Waals surface area contributed by atoms with Crippen LogP contribution in [0.25, 0.3) is 9.88 Å². The molecule has 0 spiro atoms. The minimum absolute atomic E-state index is 0.862. The molecule has 0 saturated heterocycles. The average Bonchev–Trinajstić information content (AvgIpc) is 2.81. The van der Waals surface area contributed by atoms with E-state index in [9.17, 15) is 0 Å². The summed E-state index contributed by atoms with van der Waals surface area (Å²) in [5.74, 6) is 0. The number of hydrogen-bond acceptors (Lipinski definition) is 4. The van der Waals surface area contributed by atoms with E-state index in [4.69, 9.17) is 0 Å². The minimum atomic E-state index is 0.862. The third kappa shape index (κ3) is 2.17. The maximum atomic E-state index is 4.45. The van der Waals surface area contributed by atoms with Crippen molar-refractivity contribution < 1.29 is 0 Å². The highest BCUT2D eigenvalue weighted by atomic mass is 127. The molecule has 2 aromatic rings. The second-order valence-corrected chi connectivity index (χ2v) is 6.84. The molecule has 0 radical (unpaired) electrons. The molecule has 1 aliphatic rings. The highest BCUT2D eigenvalue weighted by Crippen LogP contribution is 2.35. The molecule has 2 nitrogen and oxygen atoms in total. The molecule has 0 saturated carbocycles. The summed E-state index contributed by atoms with van der Waals surface area (Å²) in [5.41, 5.74) is 1.56. The lowest BCUT2D eigenvalue weighted by molar-refractivity contribution is 0.713. The Balaban J connectivity index is 1.98. The predicted octanol–water partition coefficient (Wildman–Crippen LogP) is 4.14. The van der Waals surface area contributed by atoms with Gasteiger partial charge in [-0.3, -0.25) is 0 Å². The van der Waals surface area contributed by atoms with E-state index in [-0.39, 0.29) is 0 Å². The highest BCUT2D eigenvalue weighted by Gasteiger charge is 2.15. The van der Waals surface area contributed by atoms with E-state index in [2.05, 4.69) is 38.0 Å². The molecule has 0 amide bonds. The van der Waals surface area contributed by atoms with Crippen LogP contribution < -0.4 is 0 Å². The molecule has 2 aromatic heterocycles. The Labute approximate surface area is 116 Å². The summed E-state index contributed by atoms with van der Waals surface area (Å²) < 4.78 is 5.10. The zero-order valence-electron chi connectivity index (χ0n) is 8.70. The number of halogens is 1. The van der Waals surface area contributed by atoms with Crippen molar-refractivity contribution >= 4 is 45.5 Å². The average molecular weight is 362 g/mol. The van der Waals surface area contributed by atoms with Gasteiger partial charge in [0.25, 0.3) is 0 Å². The van der Waals surface area contributed by atoms with Crippen molar-refractivity contribution in [3.63, 3.8) is 0 Å². The van der Waals surface area contributed by atoms with Gasteiger partial charge >= 0.3 is 0 Å². The van der Waals surface area contributed by atoms with Crippen LogP contribution in [-0.2, 0) is 12.8 Å². The van der Waals surface area contributed by atoms with E-state index in [0.717, 1.165) is 8.84 Å². The van der Waals surface area contributed by atoms with Crippen LogP contribution in [0.4, 0.5) is 0 Å². The van der Waals surface area contributed by atoms with Gasteiger partial charge in [0.15, 0.2) is 5.01 Å².